The van der Waals surface area contributed by atoms with Gasteiger partial charge in [0.25, 0.3) is 0 Å². The summed E-state index contributed by atoms with van der Waals surface area (Å²) in [5.41, 5.74) is 1.71. The fraction of sp³-hybridized carbons (Fsp3) is 0.200. The molecule has 0 aliphatic carbocycles. The highest BCUT2D eigenvalue weighted by molar-refractivity contribution is 7.92. The SMILES string of the molecule is CCCS(=O)(=O)Nc1ccc(Nc2cccc(C#N)c2)nc1. The molecular weight excluding hydrogens is 300 g/mol. The summed E-state index contributed by atoms with van der Waals surface area (Å²) in [4.78, 5) is 4.15. The molecule has 114 valence electrons. The van der Waals surface area contributed by atoms with Gasteiger partial charge in [0.1, 0.15) is 5.82 Å². The summed E-state index contributed by atoms with van der Waals surface area (Å²) in [5.74, 6) is 0.641. The average molecular weight is 316 g/mol. The maximum Gasteiger partial charge on any atom is 0.232 e. The minimum atomic E-state index is -3.31. The third kappa shape index (κ3) is 4.46. The lowest BCUT2D eigenvalue weighted by atomic mass is 10.2. The first kappa shape index (κ1) is 15.8. The Labute approximate surface area is 129 Å². The van der Waals surface area contributed by atoms with Crippen molar-refractivity contribution in [1.82, 2.24) is 4.98 Å². The number of sulfonamides is 1. The number of benzene rings is 1. The van der Waals surface area contributed by atoms with Crippen LogP contribution in [0.2, 0.25) is 0 Å². The van der Waals surface area contributed by atoms with E-state index >= 15 is 0 Å². The van der Waals surface area contributed by atoms with E-state index in [-0.39, 0.29) is 5.75 Å². The second-order valence-corrected chi connectivity index (χ2v) is 6.51. The number of nitrogens with one attached hydrogen (secondary N) is 2. The summed E-state index contributed by atoms with van der Waals surface area (Å²) < 4.78 is 25.8. The highest BCUT2D eigenvalue weighted by Crippen LogP contribution is 2.17. The van der Waals surface area contributed by atoms with Crippen molar-refractivity contribution >= 4 is 27.2 Å². The molecule has 0 radical (unpaired) electrons. The normalized spacial score (nSPS) is 10.7. The molecule has 2 rings (SSSR count). The van der Waals surface area contributed by atoms with E-state index in [1.807, 2.05) is 6.07 Å². The van der Waals surface area contributed by atoms with Gasteiger partial charge in [-0.15, -0.1) is 0 Å². The second-order valence-electron chi connectivity index (χ2n) is 4.67. The first-order chi connectivity index (χ1) is 10.5. The average Bonchev–Trinajstić information content (AvgIpc) is 2.49. The van der Waals surface area contributed by atoms with Crippen LogP contribution >= 0.6 is 0 Å². The lowest BCUT2D eigenvalue weighted by Crippen LogP contribution is -2.16. The van der Waals surface area contributed by atoms with E-state index in [9.17, 15) is 8.42 Å². The molecule has 0 bridgehead atoms. The predicted octanol–water partition coefficient (Wildman–Crippen LogP) is 2.85. The number of rotatable bonds is 6. The fourth-order valence-electron chi connectivity index (χ4n) is 1.84. The number of anilines is 3. The van der Waals surface area contributed by atoms with Gasteiger partial charge < -0.3 is 5.32 Å². The van der Waals surface area contributed by atoms with Gasteiger partial charge in [0, 0.05) is 5.69 Å². The quantitative estimate of drug-likeness (QED) is 0.854. The summed E-state index contributed by atoms with van der Waals surface area (Å²) in [6.07, 6.45) is 2.00. The van der Waals surface area contributed by atoms with Crippen molar-refractivity contribution in [2.24, 2.45) is 0 Å². The van der Waals surface area contributed by atoms with Crippen LogP contribution in [0.15, 0.2) is 42.6 Å². The molecule has 1 aromatic carbocycles. The van der Waals surface area contributed by atoms with Crippen molar-refractivity contribution < 1.29 is 8.42 Å². The van der Waals surface area contributed by atoms with Crippen molar-refractivity contribution in [2.75, 3.05) is 15.8 Å². The molecule has 0 saturated heterocycles. The molecular formula is C15H16N4O2S. The van der Waals surface area contributed by atoms with E-state index in [0.29, 0.717) is 23.5 Å². The minimum Gasteiger partial charge on any atom is -0.340 e. The Morgan fingerprint density at radius 2 is 2.05 bits per heavy atom. The van der Waals surface area contributed by atoms with Gasteiger partial charge in [0.2, 0.25) is 10.0 Å². The number of hydrogen-bond acceptors (Lipinski definition) is 5. The number of nitriles is 1. The molecule has 0 atom stereocenters. The standard InChI is InChI=1S/C15H16N4O2S/c1-2-8-22(20,21)19-14-6-7-15(17-11-14)18-13-5-3-4-12(9-13)10-16/h3-7,9,11,19H,2,8H2,1H3,(H,17,18). The maximum absolute atomic E-state index is 11.7. The molecule has 7 heteroatoms. The third-order valence-corrected chi connectivity index (χ3v) is 4.27. The van der Waals surface area contributed by atoms with E-state index in [0.717, 1.165) is 5.69 Å². The molecule has 22 heavy (non-hydrogen) atoms. The van der Waals surface area contributed by atoms with Gasteiger partial charge >= 0.3 is 0 Å². The molecule has 2 aromatic rings. The van der Waals surface area contributed by atoms with Gasteiger partial charge in [-0.25, -0.2) is 13.4 Å². The van der Waals surface area contributed by atoms with Crippen LogP contribution in [-0.4, -0.2) is 19.2 Å². The van der Waals surface area contributed by atoms with Crippen LogP contribution in [0.3, 0.4) is 0 Å². The molecule has 0 aliphatic heterocycles. The summed E-state index contributed by atoms with van der Waals surface area (Å²) in [7, 11) is -3.31. The van der Waals surface area contributed by atoms with Gasteiger partial charge in [0.05, 0.1) is 29.3 Å². The summed E-state index contributed by atoms with van der Waals surface area (Å²) in [6.45, 7) is 1.81. The Morgan fingerprint density at radius 1 is 1.23 bits per heavy atom. The van der Waals surface area contributed by atoms with Crippen molar-refractivity contribution in [3.8, 4) is 6.07 Å². The van der Waals surface area contributed by atoms with Crippen LogP contribution in [0.25, 0.3) is 0 Å². The number of hydrogen-bond donors (Lipinski definition) is 2. The maximum atomic E-state index is 11.7. The minimum absolute atomic E-state index is 0.0773. The Morgan fingerprint density at radius 3 is 2.68 bits per heavy atom. The van der Waals surface area contributed by atoms with Crippen LogP contribution < -0.4 is 10.0 Å². The van der Waals surface area contributed by atoms with Gasteiger partial charge in [0.15, 0.2) is 0 Å². The molecule has 0 amide bonds. The largest absolute Gasteiger partial charge is 0.340 e. The molecule has 2 N–H and O–H groups in total. The fourth-order valence-corrected chi connectivity index (χ4v) is 2.96. The highest BCUT2D eigenvalue weighted by atomic mass is 32.2. The molecule has 1 heterocycles. The van der Waals surface area contributed by atoms with Crippen LogP contribution in [0, 0.1) is 11.3 Å². The van der Waals surface area contributed by atoms with Crippen molar-refractivity contribution in [3.05, 3.63) is 48.2 Å². The number of aromatic nitrogens is 1. The highest BCUT2D eigenvalue weighted by Gasteiger charge is 2.08. The number of pyridine rings is 1. The third-order valence-electron chi connectivity index (χ3n) is 2.77. The Bertz CT molecular complexity index is 780. The summed E-state index contributed by atoms with van der Waals surface area (Å²) in [6, 6.07) is 12.4. The van der Waals surface area contributed by atoms with Gasteiger partial charge in [-0.1, -0.05) is 13.0 Å². The van der Waals surface area contributed by atoms with E-state index in [4.69, 9.17) is 5.26 Å². The molecule has 0 fully saturated rings. The Kier molecular flexibility index (Phi) is 4.96. The monoisotopic (exact) mass is 316 g/mol. The molecule has 1 aromatic heterocycles. The summed E-state index contributed by atoms with van der Waals surface area (Å²) >= 11 is 0. The van der Waals surface area contributed by atoms with E-state index < -0.39 is 10.0 Å². The lowest BCUT2D eigenvalue weighted by molar-refractivity contribution is 0.600. The summed E-state index contributed by atoms with van der Waals surface area (Å²) in [5, 5.41) is 11.9. The zero-order chi connectivity index (χ0) is 16.0. The smallest absolute Gasteiger partial charge is 0.232 e. The van der Waals surface area contributed by atoms with Crippen LogP contribution in [-0.2, 0) is 10.0 Å². The van der Waals surface area contributed by atoms with Crippen LogP contribution in [0.1, 0.15) is 18.9 Å². The van der Waals surface area contributed by atoms with Crippen LogP contribution in [0.5, 0.6) is 0 Å². The molecule has 0 saturated carbocycles. The molecule has 0 spiro atoms. The molecule has 6 nitrogen and oxygen atoms in total. The van der Waals surface area contributed by atoms with Crippen LogP contribution in [0.4, 0.5) is 17.2 Å². The van der Waals surface area contributed by atoms with Crippen molar-refractivity contribution in [1.29, 1.82) is 5.26 Å². The predicted molar refractivity (Wildman–Crippen MR) is 86.4 cm³/mol. The van der Waals surface area contributed by atoms with Crippen molar-refractivity contribution in [2.45, 2.75) is 13.3 Å². The Balaban J connectivity index is 2.07. The molecule has 0 aliphatic rings. The first-order valence-corrected chi connectivity index (χ1v) is 8.41. The Hall–Kier alpha value is -2.59. The number of nitrogens with zero attached hydrogens (tertiary/aromatic N) is 2. The zero-order valence-electron chi connectivity index (χ0n) is 12.1. The van der Waals surface area contributed by atoms with E-state index in [1.54, 1.807) is 37.3 Å². The van der Waals surface area contributed by atoms with Gasteiger partial charge in [-0.3, -0.25) is 4.72 Å². The van der Waals surface area contributed by atoms with Gasteiger partial charge in [-0.05, 0) is 36.8 Å². The van der Waals surface area contributed by atoms with E-state index in [1.165, 1.54) is 6.20 Å². The van der Waals surface area contributed by atoms with Crippen molar-refractivity contribution in [3.63, 3.8) is 0 Å². The lowest BCUT2D eigenvalue weighted by Gasteiger charge is -2.09. The van der Waals surface area contributed by atoms with Gasteiger partial charge in [-0.2, -0.15) is 5.26 Å². The van der Waals surface area contributed by atoms with E-state index in [2.05, 4.69) is 21.1 Å². The topological polar surface area (TPSA) is 94.9 Å². The first-order valence-electron chi connectivity index (χ1n) is 6.76. The molecule has 0 unspecified atom stereocenters. The second kappa shape index (κ2) is 6.91. The zero-order valence-corrected chi connectivity index (χ0v) is 12.9.